The molecule has 0 heterocycles. The van der Waals surface area contributed by atoms with E-state index < -0.39 is 0 Å². The molecule has 16 heavy (non-hydrogen) atoms. The van der Waals surface area contributed by atoms with Crippen molar-refractivity contribution in [1.29, 1.82) is 0 Å². The van der Waals surface area contributed by atoms with Crippen LogP contribution in [0.2, 0.25) is 0 Å². The first kappa shape index (κ1) is 13.0. The van der Waals surface area contributed by atoms with E-state index in [4.69, 9.17) is 4.74 Å². The van der Waals surface area contributed by atoms with E-state index in [1.165, 1.54) is 5.56 Å². The quantitative estimate of drug-likeness (QED) is 0.796. The van der Waals surface area contributed by atoms with Crippen molar-refractivity contribution in [3.05, 3.63) is 29.8 Å². The average molecular weight is 221 g/mol. The minimum atomic E-state index is 0.259. The molecule has 0 bridgehead atoms. The first-order valence-corrected chi connectivity index (χ1v) is 6.08. The van der Waals surface area contributed by atoms with Crippen molar-refractivity contribution in [3.63, 3.8) is 0 Å². The summed E-state index contributed by atoms with van der Waals surface area (Å²) in [6, 6.07) is 8.42. The van der Waals surface area contributed by atoms with Crippen LogP contribution in [-0.4, -0.2) is 19.7 Å². The van der Waals surface area contributed by atoms with E-state index >= 15 is 0 Å². The lowest BCUT2D eigenvalue weighted by molar-refractivity contribution is 0.196. The van der Waals surface area contributed by atoms with Crippen LogP contribution in [0.5, 0.6) is 5.75 Å². The van der Waals surface area contributed by atoms with E-state index in [1.54, 1.807) is 0 Å². The zero-order valence-electron chi connectivity index (χ0n) is 10.8. The second-order valence-corrected chi connectivity index (χ2v) is 4.43. The van der Waals surface area contributed by atoms with Crippen molar-refractivity contribution in [1.82, 2.24) is 5.32 Å². The predicted molar refractivity (Wildman–Crippen MR) is 69.2 cm³/mol. The lowest BCUT2D eigenvalue weighted by Gasteiger charge is -2.17. The smallest absolute Gasteiger partial charge is 0.119 e. The summed E-state index contributed by atoms with van der Waals surface area (Å²) in [4.78, 5) is 0. The summed E-state index contributed by atoms with van der Waals surface area (Å²) in [5, 5.41) is 3.14. The number of hydrogen-bond donors (Lipinski definition) is 1. The largest absolute Gasteiger partial charge is 0.489 e. The third-order valence-electron chi connectivity index (χ3n) is 2.74. The molecule has 0 spiro atoms. The molecule has 0 saturated heterocycles. The van der Waals surface area contributed by atoms with Gasteiger partial charge in [-0.1, -0.05) is 32.9 Å². The van der Waals surface area contributed by atoms with Crippen LogP contribution in [0.4, 0.5) is 0 Å². The summed E-state index contributed by atoms with van der Waals surface area (Å²) in [6.45, 7) is 7.43. The Labute approximate surface area is 99.0 Å². The zero-order chi connectivity index (χ0) is 12.0. The molecular weight excluding hydrogens is 198 g/mol. The second-order valence-electron chi connectivity index (χ2n) is 4.43. The Morgan fingerprint density at radius 3 is 2.25 bits per heavy atom. The van der Waals surface area contributed by atoms with Crippen molar-refractivity contribution >= 4 is 0 Å². The Morgan fingerprint density at radius 1 is 1.19 bits per heavy atom. The first-order valence-electron chi connectivity index (χ1n) is 6.08. The molecule has 1 aromatic rings. The van der Waals surface area contributed by atoms with Gasteiger partial charge < -0.3 is 10.1 Å². The molecule has 0 saturated carbocycles. The van der Waals surface area contributed by atoms with E-state index in [0.29, 0.717) is 5.92 Å². The molecule has 0 aromatic heterocycles. The molecule has 0 radical (unpaired) electrons. The van der Waals surface area contributed by atoms with Gasteiger partial charge in [0, 0.05) is 6.54 Å². The van der Waals surface area contributed by atoms with Crippen molar-refractivity contribution in [2.75, 3.05) is 13.6 Å². The van der Waals surface area contributed by atoms with Gasteiger partial charge in [0.2, 0.25) is 0 Å². The third-order valence-corrected chi connectivity index (χ3v) is 2.74. The van der Waals surface area contributed by atoms with Gasteiger partial charge in [-0.25, -0.2) is 0 Å². The second kappa shape index (κ2) is 6.54. The Hall–Kier alpha value is -1.02. The Bertz CT molecular complexity index is 292. The summed E-state index contributed by atoms with van der Waals surface area (Å²) >= 11 is 0. The molecule has 1 aromatic carbocycles. The fraction of sp³-hybridized carbons (Fsp3) is 0.571. The van der Waals surface area contributed by atoms with Crippen molar-refractivity contribution in [3.8, 4) is 5.75 Å². The molecule has 0 aliphatic heterocycles. The Balaban J connectivity index is 2.60. The molecule has 2 heteroatoms. The molecule has 0 aliphatic carbocycles. The Morgan fingerprint density at radius 2 is 1.81 bits per heavy atom. The number of hydrogen-bond acceptors (Lipinski definition) is 2. The van der Waals surface area contributed by atoms with Gasteiger partial charge in [0.25, 0.3) is 0 Å². The van der Waals surface area contributed by atoms with E-state index in [1.807, 2.05) is 7.05 Å². The lowest BCUT2D eigenvalue weighted by Crippen LogP contribution is -2.28. The molecular formula is C14H23NO. The van der Waals surface area contributed by atoms with Crippen LogP contribution >= 0.6 is 0 Å². The van der Waals surface area contributed by atoms with Gasteiger partial charge in [0.15, 0.2) is 0 Å². The number of rotatable bonds is 6. The normalized spacial score (nSPS) is 12.8. The van der Waals surface area contributed by atoms with Gasteiger partial charge in [0.05, 0.1) is 0 Å². The molecule has 0 aliphatic rings. The van der Waals surface area contributed by atoms with Gasteiger partial charge in [-0.2, -0.15) is 0 Å². The van der Waals surface area contributed by atoms with Gasteiger partial charge in [0.1, 0.15) is 11.9 Å². The molecule has 1 rings (SSSR count). The standard InChI is InChI=1S/C14H23NO/c1-5-13(10-15-4)16-14-8-6-12(7-9-14)11(2)3/h6-9,11,13,15H,5,10H2,1-4H3. The van der Waals surface area contributed by atoms with Crippen LogP contribution in [0.25, 0.3) is 0 Å². The van der Waals surface area contributed by atoms with E-state index in [9.17, 15) is 0 Å². The van der Waals surface area contributed by atoms with Crippen molar-refractivity contribution < 1.29 is 4.74 Å². The molecule has 2 nitrogen and oxygen atoms in total. The van der Waals surface area contributed by atoms with Gasteiger partial charge in [-0.15, -0.1) is 0 Å². The average Bonchev–Trinajstić information content (AvgIpc) is 2.29. The maximum Gasteiger partial charge on any atom is 0.119 e. The van der Waals surface area contributed by atoms with Crippen LogP contribution in [0.1, 0.15) is 38.7 Å². The summed E-state index contributed by atoms with van der Waals surface area (Å²) in [5.41, 5.74) is 1.36. The highest BCUT2D eigenvalue weighted by Crippen LogP contribution is 2.19. The van der Waals surface area contributed by atoms with E-state index in [-0.39, 0.29) is 6.10 Å². The van der Waals surface area contributed by atoms with Crippen LogP contribution in [0.15, 0.2) is 24.3 Å². The lowest BCUT2D eigenvalue weighted by atomic mass is 10.0. The minimum absolute atomic E-state index is 0.259. The van der Waals surface area contributed by atoms with Crippen LogP contribution < -0.4 is 10.1 Å². The summed E-state index contributed by atoms with van der Waals surface area (Å²) < 4.78 is 5.88. The molecule has 1 unspecified atom stereocenters. The highest BCUT2D eigenvalue weighted by Gasteiger charge is 2.06. The van der Waals surface area contributed by atoms with Gasteiger partial charge >= 0.3 is 0 Å². The van der Waals surface area contributed by atoms with E-state index in [2.05, 4.69) is 50.4 Å². The number of ether oxygens (including phenoxy) is 1. The van der Waals surface area contributed by atoms with Crippen LogP contribution in [0.3, 0.4) is 0 Å². The van der Waals surface area contributed by atoms with Crippen LogP contribution in [-0.2, 0) is 0 Å². The topological polar surface area (TPSA) is 21.3 Å². The summed E-state index contributed by atoms with van der Waals surface area (Å²) in [7, 11) is 1.95. The Kier molecular flexibility index (Phi) is 5.33. The van der Waals surface area contributed by atoms with E-state index in [0.717, 1.165) is 18.7 Å². The fourth-order valence-electron chi connectivity index (χ4n) is 1.62. The van der Waals surface area contributed by atoms with Crippen molar-refractivity contribution in [2.24, 2.45) is 0 Å². The monoisotopic (exact) mass is 221 g/mol. The highest BCUT2D eigenvalue weighted by molar-refractivity contribution is 5.29. The number of benzene rings is 1. The SMILES string of the molecule is CCC(CNC)Oc1ccc(C(C)C)cc1. The van der Waals surface area contributed by atoms with Gasteiger partial charge in [-0.3, -0.25) is 0 Å². The molecule has 0 fully saturated rings. The van der Waals surface area contributed by atoms with Crippen molar-refractivity contribution in [2.45, 2.75) is 39.2 Å². The maximum absolute atomic E-state index is 5.88. The molecule has 0 amide bonds. The number of likely N-dealkylation sites (N-methyl/N-ethyl adjacent to an activating group) is 1. The number of nitrogens with one attached hydrogen (secondary N) is 1. The highest BCUT2D eigenvalue weighted by atomic mass is 16.5. The maximum atomic E-state index is 5.88. The molecule has 1 N–H and O–H groups in total. The molecule has 1 atom stereocenters. The molecule has 90 valence electrons. The summed E-state index contributed by atoms with van der Waals surface area (Å²) in [5.74, 6) is 1.54. The minimum Gasteiger partial charge on any atom is -0.489 e. The predicted octanol–water partition coefficient (Wildman–Crippen LogP) is 3.19. The fourth-order valence-corrected chi connectivity index (χ4v) is 1.62. The van der Waals surface area contributed by atoms with Gasteiger partial charge in [-0.05, 0) is 37.1 Å². The summed E-state index contributed by atoms with van der Waals surface area (Å²) in [6.07, 6.45) is 1.28. The first-order chi connectivity index (χ1) is 7.67. The zero-order valence-corrected chi connectivity index (χ0v) is 10.8. The third kappa shape index (κ3) is 3.86. The van der Waals surface area contributed by atoms with Crippen LogP contribution in [0, 0.1) is 0 Å².